The van der Waals surface area contributed by atoms with Gasteiger partial charge in [0, 0.05) is 12.6 Å². The van der Waals surface area contributed by atoms with Gasteiger partial charge >= 0.3 is 5.97 Å². The highest BCUT2D eigenvalue weighted by Gasteiger charge is 2.04. The van der Waals surface area contributed by atoms with Crippen LogP contribution in [0.25, 0.3) is 0 Å². The van der Waals surface area contributed by atoms with E-state index < -0.39 is 0 Å². The number of rotatable bonds is 8. The molecular formula is C15H23NO3. The van der Waals surface area contributed by atoms with Gasteiger partial charge in [-0.1, -0.05) is 29.8 Å². The van der Waals surface area contributed by atoms with Crippen molar-refractivity contribution in [2.24, 2.45) is 0 Å². The second kappa shape index (κ2) is 8.67. The molecule has 0 spiro atoms. The van der Waals surface area contributed by atoms with Gasteiger partial charge in [0.25, 0.3) is 0 Å². The SMILES string of the molecule is CCOC(=O)COCCNC(C)c1ccc(C)cc1. The van der Waals surface area contributed by atoms with Gasteiger partial charge in [-0.15, -0.1) is 0 Å². The Morgan fingerprint density at radius 1 is 1.32 bits per heavy atom. The molecule has 0 fully saturated rings. The number of nitrogens with one attached hydrogen (secondary N) is 1. The van der Waals surface area contributed by atoms with Crippen LogP contribution in [0.5, 0.6) is 0 Å². The normalized spacial score (nSPS) is 12.2. The fraction of sp³-hybridized carbons (Fsp3) is 0.533. The van der Waals surface area contributed by atoms with Gasteiger partial charge in [-0.2, -0.15) is 0 Å². The Morgan fingerprint density at radius 3 is 2.63 bits per heavy atom. The first-order valence-electron chi connectivity index (χ1n) is 6.66. The molecule has 0 aliphatic heterocycles. The zero-order valence-corrected chi connectivity index (χ0v) is 11.9. The maximum Gasteiger partial charge on any atom is 0.332 e. The molecule has 1 atom stereocenters. The number of esters is 1. The summed E-state index contributed by atoms with van der Waals surface area (Å²) in [6, 6.07) is 8.71. The smallest absolute Gasteiger partial charge is 0.332 e. The molecule has 0 saturated carbocycles. The molecule has 0 heterocycles. The Kier molecular flexibility index (Phi) is 7.15. The fourth-order valence-corrected chi connectivity index (χ4v) is 1.68. The maximum absolute atomic E-state index is 11.0. The van der Waals surface area contributed by atoms with Crippen LogP contribution in [0.1, 0.15) is 31.0 Å². The Balaban J connectivity index is 2.15. The number of hydrogen-bond donors (Lipinski definition) is 1. The minimum atomic E-state index is -0.311. The topological polar surface area (TPSA) is 47.6 Å². The summed E-state index contributed by atoms with van der Waals surface area (Å²) >= 11 is 0. The first-order valence-corrected chi connectivity index (χ1v) is 6.66. The van der Waals surface area contributed by atoms with Crippen molar-refractivity contribution in [3.63, 3.8) is 0 Å². The number of ether oxygens (including phenoxy) is 2. The third kappa shape index (κ3) is 6.36. The van der Waals surface area contributed by atoms with E-state index in [9.17, 15) is 4.79 Å². The van der Waals surface area contributed by atoms with Crippen molar-refractivity contribution < 1.29 is 14.3 Å². The van der Waals surface area contributed by atoms with E-state index in [4.69, 9.17) is 9.47 Å². The van der Waals surface area contributed by atoms with Gasteiger partial charge in [0.15, 0.2) is 0 Å². The van der Waals surface area contributed by atoms with Gasteiger partial charge < -0.3 is 14.8 Å². The van der Waals surface area contributed by atoms with Crippen LogP contribution in [-0.4, -0.2) is 32.3 Å². The van der Waals surface area contributed by atoms with Crippen molar-refractivity contribution in [1.29, 1.82) is 0 Å². The summed E-state index contributed by atoms with van der Waals surface area (Å²) in [5.74, 6) is -0.311. The predicted molar refractivity (Wildman–Crippen MR) is 75.0 cm³/mol. The first kappa shape index (κ1) is 15.7. The molecule has 106 valence electrons. The van der Waals surface area contributed by atoms with E-state index in [1.54, 1.807) is 6.92 Å². The highest BCUT2D eigenvalue weighted by molar-refractivity contribution is 5.70. The molecule has 0 saturated heterocycles. The molecule has 1 aromatic carbocycles. The molecule has 1 rings (SSSR count). The van der Waals surface area contributed by atoms with E-state index in [0.717, 1.165) is 0 Å². The molecule has 4 nitrogen and oxygen atoms in total. The first-order chi connectivity index (χ1) is 9.13. The van der Waals surface area contributed by atoms with Gasteiger partial charge in [0.2, 0.25) is 0 Å². The summed E-state index contributed by atoms with van der Waals surface area (Å²) < 4.78 is 9.98. The molecule has 0 amide bonds. The molecule has 0 radical (unpaired) electrons. The maximum atomic E-state index is 11.0. The minimum Gasteiger partial charge on any atom is -0.464 e. The molecule has 1 unspecified atom stereocenters. The average Bonchev–Trinajstić information content (AvgIpc) is 2.39. The zero-order valence-electron chi connectivity index (χ0n) is 11.9. The molecule has 0 aliphatic carbocycles. The van der Waals surface area contributed by atoms with Crippen molar-refractivity contribution in [2.45, 2.75) is 26.8 Å². The van der Waals surface area contributed by atoms with Crippen molar-refractivity contribution in [3.05, 3.63) is 35.4 Å². The lowest BCUT2D eigenvalue weighted by Gasteiger charge is -2.14. The van der Waals surface area contributed by atoms with Gasteiger partial charge in [0.1, 0.15) is 6.61 Å². The van der Waals surface area contributed by atoms with Crippen LogP contribution in [0.4, 0.5) is 0 Å². The molecule has 0 aromatic heterocycles. The lowest BCUT2D eigenvalue weighted by Crippen LogP contribution is -2.24. The van der Waals surface area contributed by atoms with E-state index in [2.05, 4.69) is 43.4 Å². The molecule has 1 aromatic rings. The fourth-order valence-electron chi connectivity index (χ4n) is 1.68. The summed E-state index contributed by atoms with van der Waals surface area (Å²) in [6.45, 7) is 7.58. The average molecular weight is 265 g/mol. The molecule has 19 heavy (non-hydrogen) atoms. The molecule has 4 heteroatoms. The van der Waals surface area contributed by atoms with E-state index >= 15 is 0 Å². The number of benzene rings is 1. The van der Waals surface area contributed by atoms with E-state index in [1.807, 2.05) is 0 Å². The van der Waals surface area contributed by atoms with Crippen LogP contribution in [-0.2, 0) is 14.3 Å². The van der Waals surface area contributed by atoms with Gasteiger partial charge in [-0.3, -0.25) is 0 Å². The van der Waals surface area contributed by atoms with Crippen molar-refractivity contribution in [2.75, 3.05) is 26.4 Å². The van der Waals surface area contributed by atoms with E-state index in [-0.39, 0.29) is 18.6 Å². The molecule has 0 aliphatic rings. The van der Waals surface area contributed by atoms with Crippen LogP contribution >= 0.6 is 0 Å². The quantitative estimate of drug-likeness (QED) is 0.578. The standard InChI is InChI=1S/C15H23NO3/c1-4-19-15(17)11-18-10-9-16-13(3)14-7-5-12(2)6-8-14/h5-8,13,16H,4,9-11H2,1-3H3. The summed E-state index contributed by atoms with van der Waals surface area (Å²) in [5, 5.41) is 3.35. The van der Waals surface area contributed by atoms with E-state index in [0.29, 0.717) is 19.8 Å². The number of hydrogen-bond acceptors (Lipinski definition) is 4. The molecular weight excluding hydrogens is 242 g/mol. The second-order valence-electron chi connectivity index (χ2n) is 4.44. The Hall–Kier alpha value is -1.39. The van der Waals surface area contributed by atoms with Crippen molar-refractivity contribution in [3.8, 4) is 0 Å². The Bertz CT molecular complexity index is 375. The minimum absolute atomic E-state index is 0.0223. The van der Waals surface area contributed by atoms with Crippen LogP contribution < -0.4 is 5.32 Å². The summed E-state index contributed by atoms with van der Waals surface area (Å²) in [4.78, 5) is 11.0. The number of carbonyl (C=O) groups excluding carboxylic acids is 1. The van der Waals surface area contributed by atoms with Gasteiger partial charge in [-0.05, 0) is 26.3 Å². The molecule has 1 N–H and O–H groups in total. The summed E-state index contributed by atoms with van der Waals surface area (Å²) in [7, 11) is 0. The van der Waals surface area contributed by atoms with Crippen molar-refractivity contribution in [1.82, 2.24) is 5.32 Å². The lowest BCUT2D eigenvalue weighted by atomic mass is 10.1. The molecule has 0 bridgehead atoms. The van der Waals surface area contributed by atoms with Crippen LogP contribution in [0.2, 0.25) is 0 Å². The third-order valence-electron chi connectivity index (χ3n) is 2.80. The van der Waals surface area contributed by atoms with Crippen LogP contribution in [0, 0.1) is 6.92 Å². The van der Waals surface area contributed by atoms with Crippen LogP contribution in [0.15, 0.2) is 24.3 Å². The van der Waals surface area contributed by atoms with Crippen molar-refractivity contribution >= 4 is 5.97 Å². The second-order valence-corrected chi connectivity index (χ2v) is 4.44. The predicted octanol–water partition coefficient (Wildman–Crippen LogP) is 2.23. The van der Waals surface area contributed by atoms with Gasteiger partial charge in [0.05, 0.1) is 13.2 Å². The zero-order chi connectivity index (χ0) is 14.1. The van der Waals surface area contributed by atoms with E-state index in [1.165, 1.54) is 11.1 Å². The summed E-state index contributed by atoms with van der Waals surface area (Å²) in [6.07, 6.45) is 0. The number of aryl methyl sites for hydroxylation is 1. The Labute approximate surface area is 115 Å². The van der Waals surface area contributed by atoms with Crippen LogP contribution in [0.3, 0.4) is 0 Å². The highest BCUT2D eigenvalue weighted by atomic mass is 16.6. The highest BCUT2D eigenvalue weighted by Crippen LogP contribution is 2.12. The van der Waals surface area contributed by atoms with Gasteiger partial charge in [-0.25, -0.2) is 4.79 Å². The largest absolute Gasteiger partial charge is 0.464 e. The Morgan fingerprint density at radius 2 is 2.00 bits per heavy atom. The monoisotopic (exact) mass is 265 g/mol. The summed E-state index contributed by atoms with van der Waals surface area (Å²) in [5.41, 5.74) is 2.50. The third-order valence-corrected chi connectivity index (χ3v) is 2.80. The lowest BCUT2D eigenvalue weighted by molar-refractivity contribution is -0.148. The number of carbonyl (C=O) groups is 1.